The molecule has 0 saturated heterocycles. The van der Waals surface area contributed by atoms with Gasteiger partial charge in [-0.1, -0.05) is 18.2 Å². The van der Waals surface area contributed by atoms with E-state index in [9.17, 15) is 26.5 Å². The Morgan fingerprint density at radius 3 is 2.09 bits per heavy atom. The van der Waals surface area contributed by atoms with Gasteiger partial charge in [0.05, 0.1) is 21.2 Å². The van der Waals surface area contributed by atoms with Gasteiger partial charge < -0.3 is 10.8 Å². The summed E-state index contributed by atoms with van der Waals surface area (Å²) in [5.41, 5.74) is 6.97. The highest BCUT2D eigenvalue weighted by Gasteiger charge is 2.16. The van der Waals surface area contributed by atoms with Crippen molar-refractivity contribution in [3.63, 3.8) is 0 Å². The van der Waals surface area contributed by atoms with Crippen LogP contribution in [-0.2, 0) is 20.1 Å². The molecule has 4 rings (SSSR count). The molecule has 0 amide bonds. The summed E-state index contributed by atoms with van der Waals surface area (Å²) in [4.78, 5) is -0.494. The Balaban J connectivity index is 1.66. The molecule has 174 valence electrons. The smallest absolute Gasteiger partial charge is 0.294 e. The van der Waals surface area contributed by atoms with Gasteiger partial charge in [-0.15, -0.1) is 5.11 Å². The zero-order valence-corrected chi connectivity index (χ0v) is 19.0. The number of rotatable bonds is 6. The molecule has 12 heteroatoms. The van der Waals surface area contributed by atoms with Crippen molar-refractivity contribution in [2.45, 2.75) is 9.79 Å². The number of sulfonamides is 1. The fourth-order valence-electron chi connectivity index (χ4n) is 3.18. The quantitative estimate of drug-likeness (QED) is 0.171. The largest absolute Gasteiger partial charge is 0.507 e. The second-order valence-electron chi connectivity index (χ2n) is 7.22. The van der Waals surface area contributed by atoms with Crippen LogP contribution >= 0.6 is 0 Å². The Hall–Kier alpha value is -4.00. The number of nitrogen functional groups attached to an aromatic ring is 1. The van der Waals surface area contributed by atoms with E-state index in [1.165, 1.54) is 36.4 Å². The van der Waals surface area contributed by atoms with Crippen LogP contribution in [0.3, 0.4) is 0 Å². The first-order chi connectivity index (χ1) is 16.0. The van der Waals surface area contributed by atoms with Crippen LogP contribution in [0.4, 0.5) is 22.7 Å². The number of para-hydroxylation sites is 1. The number of nitrogens with two attached hydrogens (primary N) is 1. The lowest BCUT2D eigenvalue weighted by molar-refractivity contribution is 0.471. The molecule has 10 nitrogen and oxygen atoms in total. The number of phenols is 1. The summed E-state index contributed by atoms with van der Waals surface area (Å²) in [7, 11) is -8.38. The molecule has 5 N–H and O–H groups in total. The molecule has 0 atom stereocenters. The first kappa shape index (κ1) is 23.2. The summed E-state index contributed by atoms with van der Waals surface area (Å²) in [6.07, 6.45) is 0. The van der Waals surface area contributed by atoms with Gasteiger partial charge in [-0.25, -0.2) is 8.42 Å². The van der Waals surface area contributed by atoms with Gasteiger partial charge in [-0.2, -0.15) is 13.5 Å². The number of aromatic hydroxyl groups is 1. The molecule has 0 unspecified atom stereocenters. The number of hydrogen-bond acceptors (Lipinski definition) is 8. The van der Waals surface area contributed by atoms with Gasteiger partial charge in [-0.3, -0.25) is 9.27 Å². The van der Waals surface area contributed by atoms with Crippen LogP contribution < -0.4 is 10.5 Å². The zero-order chi connectivity index (χ0) is 24.5. The van der Waals surface area contributed by atoms with Crippen LogP contribution in [0.15, 0.2) is 98.9 Å². The Bertz CT molecular complexity index is 1620. The lowest BCUT2D eigenvalue weighted by atomic mass is 10.1. The van der Waals surface area contributed by atoms with Gasteiger partial charge in [0.25, 0.3) is 20.1 Å². The highest BCUT2D eigenvalue weighted by Crippen LogP contribution is 2.37. The van der Waals surface area contributed by atoms with E-state index in [2.05, 4.69) is 15.0 Å². The van der Waals surface area contributed by atoms with Crippen molar-refractivity contribution in [3.8, 4) is 5.75 Å². The Morgan fingerprint density at radius 1 is 0.765 bits per heavy atom. The minimum absolute atomic E-state index is 0.0208. The van der Waals surface area contributed by atoms with Crippen molar-refractivity contribution < 1.29 is 26.5 Å². The van der Waals surface area contributed by atoms with Gasteiger partial charge in [0.15, 0.2) is 0 Å². The van der Waals surface area contributed by atoms with E-state index in [4.69, 9.17) is 5.73 Å². The summed E-state index contributed by atoms with van der Waals surface area (Å²) >= 11 is 0. The normalized spacial score (nSPS) is 12.3. The minimum Gasteiger partial charge on any atom is -0.507 e. The van der Waals surface area contributed by atoms with Crippen molar-refractivity contribution in [1.29, 1.82) is 0 Å². The van der Waals surface area contributed by atoms with E-state index in [-0.39, 0.29) is 27.0 Å². The Labute approximate surface area is 195 Å². The van der Waals surface area contributed by atoms with E-state index in [0.717, 1.165) is 12.1 Å². The van der Waals surface area contributed by atoms with E-state index in [1.54, 1.807) is 30.3 Å². The van der Waals surface area contributed by atoms with Crippen molar-refractivity contribution in [1.82, 2.24) is 0 Å². The maximum atomic E-state index is 12.5. The maximum Gasteiger partial charge on any atom is 0.294 e. The van der Waals surface area contributed by atoms with Crippen LogP contribution in [0.1, 0.15) is 0 Å². The summed E-state index contributed by atoms with van der Waals surface area (Å²) in [6, 6.07) is 18.9. The highest BCUT2D eigenvalue weighted by atomic mass is 32.2. The molecular formula is C22H18N4O6S2. The number of azo groups is 1. The minimum atomic E-state index is -4.58. The first-order valence-electron chi connectivity index (χ1n) is 9.66. The van der Waals surface area contributed by atoms with Crippen molar-refractivity contribution >= 4 is 53.7 Å². The molecule has 0 bridgehead atoms. The molecule has 0 saturated carbocycles. The highest BCUT2D eigenvalue weighted by molar-refractivity contribution is 7.92. The van der Waals surface area contributed by atoms with Crippen LogP contribution in [0, 0.1) is 0 Å². The lowest BCUT2D eigenvalue weighted by Gasteiger charge is -2.08. The van der Waals surface area contributed by atoms with Gasteiger partial charge in [-0.05, 0) is 54.6 Å². The SMILES string of the molecule is Nc1cc(N=Nc2ccc(S(=O)(=O)Nc3ccccc3)cc2)c2cc(S(=O)(=O)O)cc(O)c2c1. The number of nitrogens with zero attached hydrogens (tertiary/aromatic N) is 2. The number of benzene rings is 4. The molecule has 0 aromatic heterocycles. The molecular weight excluding hydrogens is 480 g/mol. The summed E-state index contributed by atoms with van der Waals surface area (Å²) in [6.45, 7) is 0. The third kappa shape index (κ3) is 4.98. The van der Waals surface area contributed by atoms with E-state index in [0.29, 0.717) is 11.4 Å². The number of hydrogen-bond donors (Lipinski definition) is 4. The second-order valence-corrected chi connectivity index (χ2v) is 10.3. The lowest BCUT2D eigenvalue weighted by Crippen LogP contribution is -2.12. The number of anilines is 2. The maximum absolute atomic E-state index is 12.5. The molecule has 4 aromatic rings. The zero-order valence-electron chi connectivity index (χ0n) is 17.3. The molecule has 34 heavy (non-hydrogen) atoms. The van der Waals surface area contributed by atoms with E-state index < -0.39 is 30.8 Å². The standard InChI is InChI=1S/C22H18N4O6S2/c23-14-10-20-19(12-18(13-22(20)27)34(30,31)32)21(11-14)25-24-15-6-8-17(9-7-15)33(28,29)26-16-4-2-1-3-5-16/h1-13,26-27H,23H2,(H,30,31,32). The molecule has 0 radical (unpaired) electrons. The van der Waals surface area contributed by atoms with E-state index >= 15 is 0 Å². The molecule has 0 aliphatic heterocycles. The summed E-state index contributed by atoms with van der Waals surface area (Å²) in [5, 5.41) is 18.7. The third-order valence-corrected chi connectivity index (χ3v) is 6.99. The van der Waals surface area contributed by atoms with Crippen molar-refractivity contribution in [3.05, 3.63) is 78.9 Å². The van der Waals surface area contributed by atoms with Crippen LogP contribution in [0.2, 0.25) is 0 Å². The predicted octanol–water partition coefficient (Wildman–Crippen LogP) is 4.59. The van der Waals surface area contributed by atoms with Gasteiger partial charge >= 0.3 is 0 Å². The average Bonchev–Trinajstić information content (AvgIpc) is 2.78. The summed E-state index contributed by atoms with van der Waals surface area (Å²) in [5.74, 6) is -0.408. The van der Waals surface area contributed by atoms with Crippen LogP contribution in [-0.4, -0.2) is 26.5 Å². The van der Waals surface area contributed by atoms with Crippen molar-refractivity contribution in [2.75, 3.05) is 10.5 Å². The monoisotopic (exact) mass is 498 g/mol. The summed E-state index contributed by atoms with van der Waals surface area (Å²) < 4.78 is 60.0. The van der Waals surface area contributed by atoms with E-state index in [1.807, 2.05) is 0 Å². The number of nitrogens with one attached hydrogen (secondary N) is 1. The van der Waals surface area contributed by atoms with Gasteiger partial charge in [0, 0.05) is 28.2 Å². The number of fused-ring (bicyclic) bond motifs is 1. The third-order valence-electron chi connectivity index (χ3n) is 4.77. The fourth-order valence-corrected chi connectivity index (χ4v) is 4.76. The second kappa shape index (κ2) is 8.74. The first-order valence-corrected chi connectivity index (χ1v) is 12.6. The molecule has 0 fully saturated rings. The fraction of sp³-hybridized carbons (Fsp3) is 0. The van der Waals surface area contributed by atoms with Gasteiger partial charge in [0.2, 0.25) is 0 Å². The Morgan fingerprint density at radius 2 is 1.44 bits per heavy atom. The van der Waals surface area contributed by atoms with Crippen LogP contribution in [0.25, 0.3) is 10.8 Å². The molecule has 0 heterocycles. The topological polar surface area (TPSA) is 172 Å². The number of phenolic OH excluding ortho intramolecular Hbond substituents is 1. The molecule has 0 spiro atoms. The molecule has 0 aliphatic rings. The average molecular weight is 499 g/mol. The molecule has 0 aliphatic carbocycles. The van der Waals surface area contributed by atoms with Crippen molar-refractivity contribution in [2.24, 2.45) is 10.2 Å². The van der Waals surface area contributed by atoms with Crippen LogP contribution in [0.5, 0.6) is 5.75 Å². The predicted molar refractivity (Wildman–Crippen MR) is 128 cm³/mol. The Kier molecular flexibility index (Phi) is 5.96. The van der Waals surface area contributed by atoms with Gasteiger partial charge in [0.1, 0.15) is 5.75 Å². The molecule has 4 aromatic carbocycles.